The summed E-state index contributed by atoms with van der Waals surface area (Å²) in [6, 6.07) is -0.604. The van der Waals surface area contributed by atoms with Gasteiger partial charge in [-0.2, -0.15) is 0 Å². The number of urea groups is 1. The van der Waals surface area contributed by atoms with Gasteiger partial charge in [0.05, 0.1) is 6.42 Å². The maximum Gasteiger partial charge on any atom is 0.334 e. The Labute approximate surface area is 141 Å². The van der Waals surface area contributed by atoms with E-state index in [0.29, 0.717) is 5.06 Å². The van der Waals surface area contributed by atoms with E-state index in [1.165, 1.54) is 0 Å². The summed E-state index contributed by atoms with van der Waals surface area (Å²) in [7, 11) is 0. The zero-order valence-electron chi connectivity index (χ0n) is 13.1. The van der Waals surface area contributed by atoms with Crippen LogP contribution in [0.25, 0.3) is 0 Å². The quantitative estimate of drug-likeness (QED) is 0.515. The molecule has 134 valence electrons. The molecule has 11 nitrogen and oxygen atoms in total. The lowest BCUT2D eigenvalue weighted by atomic mass is 10.4. The third-order valence-electron chi connectivity index (χ3n) is 3.34. The van der Waals surface area contributed by atoms with Crippen LogP contribution in [0, 0.1) is 0 Å². The van der Waals surface area contributed by atoms with Gasteiger partial charge in [-0.15, -0.1) is 5.06 Å². The molecule has 6 amide bonds. The number of nitrogens with one attached hydrogen (secondary N) is 2. The zero-order chi connectivity index (χ0) is 18.4. The number of hydroxylamine groups is 2. The second-order valence-corrected chi connectivity index (χ2v) is 5.14. The van der Waals surface area contributed by atoms with E-state index in [2.05, 4.69) is 15.5 Å². The minimum atomic E-state index is -0.830. The zero-order valence-corrected chi connectivity index (χ0v) is 13.1. The predicted molar refractivity (Wildman–Crippen MR) is 79.1 cm³/mol. The topological polar surface area (TPSA) is 142 Å². The number of carbonyl (C=O) groups excluding carboxylic acids is 6. The van der Waals surface area contributed by atoms with Crippen LogP contribution in [0.1, 0.15) is 19.3 Å². The fourth-order valence-electron chi connectivity index (χ4n) is 2.08. The van der Waals surface area contributed by atoms with Gasteiger partial charge in [-0.3, -0.25) is 24.1 Å². The van der Waals surface area contributed by atoms with Crippen molar-refractivity contribution in [3.63, 3.8) is 0 Å². The molecule has 0 aromatic carbocycles. The number of imide groups is 2. The van der Waals surface area contributed by atoms with Crippen molar-refractivity contribution in [3.05, 3.63) is 12.2 Å². The van der Waals surface area contributed by atoms with Crippen molar-refractivity contribution in [1.29, 1.82) is 0 Å². The van der Waals surface area contributed by atoms with Crippen LogP contribution < -0.4 is 10.6 Å². The van der Waals surface area contributed by atoms with Crippen molar-refractivity contribution in [1.82, 2.24) is 20.6 Å². The Morgan fingerprint density at radius 1 is 0.960 bits per heavy atom. The molecule has 0 aliphatic carbocycles. The second-order valence-electron chi connectivity index (χ2n) is 5.14. The molecule has 2 aliphatic rings. The van der Waals surface area contributed by atoms with E-state index < -0.39 is 35.6 Å². The molecule has 1 saturated heterocycles. The molecular formula is C14H16N4O7. The van der Waals surface area contributed by atoms with Crippen LogP contribution in [0.15, 0.2) is 12.2 Å². The first-order chi connectivity index (χ1) is 11.9. The molecule has 2 aliphatic heterocycles. The minimum Gasteiger partial charge on any atom is -0.338 e. The Morgan fingerprint density at radius 3 is 2.12 bits per heavy atom. The molecule has 25 heavy (non-hydrogen) atoms. The molecule has 2 rings (SSSR count). The summed E-state index contributed by atoms with van der Waals surface area (Å²) in [6.07, 6.45) is 2.06. The van der Waals surface area contributed by atoms with Crippen LogP contribution in [-0.4, -0.2) is 65.2 Å². The molecule has 2 N–H and O–H groups in total. The lowest BCUT2D eigenvalue weighted by Crippen LogP contribution is -2.42. The van der Waals surface area contributed by atoms with E-state index in [-0.39, 0.29) is 38.9 Å². The van der Waals surface area contributed by atoms with Gasteiger partial charge >= 0.3 is 12.0 Å². The number of carbonyl (C=O) groups is 6. The van der Waals surface area contributed by atoms with E-state index in [4.69, 9.17) is 0 Å². The van der Waals surface area contributed by atoms with Crippen LogP contribution in [0.5, 0.6) is 0 Å². The molecule has 2 heterocycles. The van der Waals surface area contributed by atoms with E-state index in [9.17, 15) is 28.8 Å². The van der Waals surface area contributed by atoms with Crippen LogP contribution in [0.4, 0.5) is 4.79 Å². The van der Waals surface area contributed by atoms with E-state index in [0.717, 1.165) is 17.1 Å². The summed E-state index contributed by atoms with van der Waals surface area (Å²) in [6.45, 7) is -0.00441. The average Bonchev–Trinajstić information content (AvgIpc) is 3.04. The first-order valence-corrected chi connectivity index (χ1v) is 7.50. The van der Waals surface area contributed by atoms with Crippen LogP contribution in [0.2, 0.25) is 0 Å². The van der Waals surface area contributed by atoms with Crippen molar-refractivity contribution in [3.8, 4) is 0 Å². The molecule has 0 aromatic rings. The van der Waals surface area contributed by atoms with E-state index >= 15 is 0 Å². The molecule has 1 fully saturated rings. The summed E-state index contributed by atoms with van der Waals surface area (Å²) in [5.74, 6) is -2.88. The lowest BCUT2D eigenvalue weighted by molar-refractivity contribution is -0.197. The van der Waals surface area contributed by atoms with Gasteiger partial charge in [-0.1, -0.05) is 0 Å². The highest BCUT2D eigenvalue weighted by molar-refractivity contribution is 6.12. The second kappa shape index (κ2) is 8.04. The summed E-state index contributed by atoms with van der Waals surface area (Å²) in [5, 5.41) is 5.21. The largest absolute Gasteiger partial charge is 0.338 e. The van der Waals surface area contributed by atoms with E-state index in [1.54, 1.807) is 0 Å². The summed E-state index contributed by atoms with van der Waals surface area (Å²) in [4.78, 5) is 73.7. The van der Waals surface area contributed by atoms with Gasteiger partial charge in [-0.05, 0) is 0 Å². The van der Waals surface area contributed by atoms with Crippen molar-refractivity contribution in [2.75, 3.05) is 19.6 Å². The highest BCUT2D eigenvalue weighted by atomic mass is 16.7. The van der Waals surface area contributed by atoms with E-state index in [1.807, 2.05) is 0 Å². The molecule has 0 atom stereocenters. The number of nitrogens with zero attached hydrogens (tertiary/aromatic N) is 2. The summed E-state index contributed by atoms with van der Waals surface area (Å²) >= 11 is 0. The predicted octanol–water partition coefficient (Wildman–Crippen LogP) is -1.79. The minimum absolute atomic E-state index is 0.00428. The molecule has 0 saturated carbocycles. The van der Waals surface area contributed by atoms with Crippen LogP contribution in [-0.2, 0) is 28.8 Å². The van der Waals surface area contributed by atoms with Gasteiger partial charge in [0.2, 0.25) is 0 Å². The van der Waals surface area contributed by atoms with Crippen molar-refractivity contribution >= 4 is 35.6 Å². The molecular weight excluding hydrogens is 336 g/mol. The highest BCUT2D eigenvalue weighted by Gasteiger charge is 2.32. The first-order valence-electron chi connectivity index (χ1n) is 7.50. The van der Waals surface area contributed by atoms with Crippen LogP contribution in [0.3, 0.4) is 0 Å². The molecule has 0 bridgehead atoms. The van der Waals surface area contributed by atoms with Gasteiger partial charge in [0.25, 0.3) is 23.6 Å². The third-order valence-corrected chi connectivity index (χ3v) is 3.34. The average molecular weight is 352 g/mol. The standard InChI is InChI=1S/C14H16N4O7/c19-9-1-2-10(20)17(9)8-7-16-14(24)15-6-5-13(23)25-18-11(21)3-4-12(18)22/h1-2H,3-8H2,(H2,15,16,24). The molecule has 0 unspecified atom stereocenters. The van der Waals surface area contributed by atoms with Crippen LogP contribution >= 0.6 is 0 Å². The van der Waals surface area contributed by atoms with Gasteiger partial charge in [0, 0.05) is 44.6 Å². The third kappa shape index (κ3) is 4.86. The fraction of sp³-hybridized carbons (Fsp3) is 0.429. The molecule has 0 radical (unpaired) electrons. The number of rotatable bonds is 7. The lowest BCUT2D eigenvalue weighted by Gasteiger charge is -2.14. The Balaban J connectivity index is 1.58. The molecule has 11 heteroatoms. The number of amides is 6. The number of hydrogen-bond donors (Lipinski definition) is 2. The number of hydrogen-bond acceptors (Lipinski definition) is 7. The Hall–Kier alpha value is -3.24. The maximum absolute atomic E-state index is 11.5. The Bertz CT molecular complexity index is 624. The Morgan fingerprint density at radius 2 is 1.52 bits per heavy atom. The monoisotopic (exact) mass is 352 g/mol. The fourth-order valence-corrected chi connectivity index (χ4v) is 2.08. The summed E-state index contributed by atoms with van der Waals surface area (Å²) < 4.78 is 0. The van der Waals surface area contributed by atoms with Crippen molar-refractivity contribution in [2.24, 2.45) is 0 Å². The molecule has 0 spiro atoms. The smallest absolute Gasteiger partial charge is 0.334 e. The Kier molecular flexibility index (Phi) is 5.82. The van der Waals surface area contributed by atoms with Gasteiger partial charge in [0.1, 0.15) is 0 Å². The molecule has 0 aromatic heterocycles. The normalized spacial score (nSPS) is 16.6. The van der Waals surface area contributed by atoms with Crippen molar-refractivity contribution < 1.29 is 33.6 Å². The maximum atomic E-state index is 11.5. The van der Waals surface area contributed by atoms with Gasteiger partial charge < -0.3 is 15.5 Å². The van der Waals surface area contributed by atoms with Crippen molar-refractivity contribution in [2.45, 2.75) is 19.3 Å². The van der Waals surface area contributed by atoms with Gasteiger partial charge in [0.15, 0.2) is 0 Å². The summed E-state index contributed by atoms with van der Waals surface area (Å²) in [5.41, 5.74) is 0. The highest BCUT2D eigenvalue weighted by Crippen LogP contribution is 2.12. The SMILES string of the molecule is O=C(NCCC(=O)ON1C(=O)CCC1=O)NCCN1C(=O)C=CC1=O. The van der Waals surface area contributed by atoms with Gasteiger partial charge in [-0.25, -0.2) is 9.59 Å². The first kappa shape index (κ1) is 18.1.